The maximum absolute atomic E-state index is 11.2. The average Bonchev–Trinajstić information content (AvgIpc) is 2.99. The Kier molecular flexibility index (Phi) is 5.50. The van der Waals surface area contributed by atoms with Crippen molar-refractivity contribution >= 4 is 28.6 Å². The van der Waals surface area contributed by atoms with Crippen molar-refractivity contribution in [2.24, 2.45) is 13.0 Å². The Labute approximate surface area is 158 Å². The molecule has 2 aromatic heterocycles. The minimum absolute atomic E-state index is 0. The minimum atomic E-state index is -1.23. The number of rotatable bonds is 5. The van der Waals surface area contributed by atoms with Crippen LogP contribution in [-0.2, 0) is 20.0 Å². The van der Waals surface area contributed by atoms with Gasteiger partial charge in [-0.3, -0.25) is 4.68 Å². The van der Waals surface area contributed by atoms with Crippen LogP contribution in [-0.4, -0.2) is 25.3 Å². The SMILES string of the molecule is Cn1cc(Cn2cc(CC3CC3)nc2C(=O)[O-])c(I)n1.[Na+]. The van der Waals surface area contributed by atoms with Crippen LogP contribution < -0.4 is 34.7 Å². The molecule has 1 saturated carbocycles. The maximum atomic E-state index is 11.2. The first-order valence-electron chi connectivity index (χ1n) is 6.48. The molecular weight excluding hydrogens is 394 g/mol. The van der Waals surface area contributed by atoms with Crippen LogP contribution >= 0.6 is 22.6 Å². The van der Waals surface area contributed by atoms with Crippen molar-refractivity contribution in [3.8, 4) is 0 Å². The van der Waals surface area contributed by atoms with Crippen molar-refractivity contribution in [3.63, 3.8) is 0 Å². The first kappa shape index (κ1) is 17.0. The van der Waals surface area contributed by atoms with E-state index < -0.39 is 5.97 Å². The van der Waals surface area contributed by atoms with Gasteiger partial charge in [0.15, 0.2) is 5.82 Å². The topological polar surface area (TPSA) is 75.8 Å². The summed E-state index contributed by atoms with van der Waals surface area (Å²) in [6.45, 7) is 0.451. The Morgan fingerprint density at radius 2 is 2.19 bits per heavy atom. The zero-order chi connectivity index (χ0) is 14.3. The summed E-state index contributed by atoms with van der Waals surface area (Å²) in [5.74, 6) is -0.558. The van der Waals surface area contributed by atoms with Gasteiger partial charge < -0.3 is 14.5 Å². The number of nitrogens with zero attached hydrogens (tertiary/aromatic N) is 4. The van der Waals surface area contributed by atoms with E-state index in [1.807, 2.05) is 19.4 Å². The predicted octanol–water partition coefficient (Wildman–Crippen LogP) is -2.41. The molecule has 0 aliphatic heterocycles. The van der Waals surface area contributed by atoms with Gasteiger partial charge in [-0.1, -0.05) is 0 Å². The normalized spacial score (nSPS) is 14.0. The van der Waals surface area contributed by atoms with Gasteiger partial charge in [0, 0.05) is 25.0 Å². The molecule has 0 radical (unpaired) electrons. The molecule has 0 saturated heterocycles. The molecule has 0 bridgehead atoms. The molecule has 2 heterocycles. The van der Waals surface area contributed by atoms with Crippen LogP contribution in [0.4, 0.5) is 0 Å². The zero-order valence-electron chi connectivity index (χ0n) is 12.0. The van der Waals surface area contributed by atoms with Gasteiger partial charge in [-0.25, -0.2) is 4.98 Å². The van der Waals surface area contributed by atoms with E-state index in [0.29, 0.717) is 12.5 Å². The van der Waals surface area contributed by atoms with E-state index >= 15 is 0 Å². The largest absolute Gasteiger partial charge is 1.00 e. The summed E-state index contributed by atoms with van der Waals surface area (Å²) in [6.07, 6.45) is 7.01. The maximum Gasteiger partial charge on any atom is 1.00 e. The fourth-order valence-electron chi connectivity index (χ4n) is 2.27. The molecule has 0 spiro atoms. The number of aryl methyl sites for hydroxylation is 1. The van der Waals surface area contributed by atoms with Crippen molar-refractivity contribution in [1.82, 2.24) is 19.3 Å². The molecule has 2 aromatic rings. The predicted molar refractivity (Wildman–Crippen MR) is 78.0 cm³/mol. The van der Waals surface area contributed by atoms with Crippen LogP contribution in [0.3, 0.4) is 0 Å². The van der Waals surface area contributed by atoms with E-state index in [0.717, 1.165) is 21.4 Å². The number of aromatic nitrogens is 4. The third-order valence-electron chi connectivity index (χ3n) is 3.40. The molecule has 3 rings (SSSR count). The zero-order valence-corrected chi connectivity index (χ0v) is 16.2. The van der Waals surface area contributed by atoms with Gasteiger partial charge in [-0.15, -0.1) is 0 Å². The third-order valence-corrected chi connectivity index (χ3v) is 4.31. The Morgan fingerprint density at radius 3 is 2.71 bits per heavy atom. The molecule has 0 N–H and O–H groups in total. The molecule has 106 valence electrons. The summed E-state index contributed by atoms with van der Waals surface area (Å²) in [5, 5.41) is 15.5. The molecule has 1 aliphatic carbocycles. The summed E-state index contributed by atoms with van der Waals surface area (Å²) in [5.41, 5.74) is 1.82. The number of carbonyl (C=O) groups is 1. The average molecular weight is 408 g/mol. The number of halogens is 1. The van der Waals surface area contributed by atoms with Gasteiger partial charge >= 0.3 is 29.6 Å². The number of hydrogen-bond acceptors (Lipinski definition) is 4. The van der Waals surface area contributed by atoms with Crippen LogP contribution in [0.25, 0.3) is 0 Å². The Hall–Kier alpha value is -0.380. The van der Waals surface area contributed by atoms with Crippen molar-refractivity contribution in [3.05, 3.63) is 33.2 Å². The van der Waals surface area contributed by atoms with Crippen molar-refractivity contribution in [2.75, 3.05) is 0 Å². The van der Waals surface area contributed by atoms with Gasteiger partial charge in [0.05, 0.1) is 12.2 Å². The van der Waals surface area contributed by atoms with E-state index in [1.54, 1.807) is 9.25 Å². The fourth-order valence-corrected chi connectivity index (χ4v) is 2.92. The smallest absolute Gasteiger partial charge is 0.542 e. The summed E-state index contributed by atoms with van der Waals surface area (Å²) in [7, 11) is 1.84. The number of carbonyl (C=O) groups excluding carboxylic acids is 1. The van der Waals surface area contributed by atoms with Crippen LogP contribution in [0, 0.1) is 9.62 Å². The van der Waals surface area contributed by atoms with Crippen molar-refractivity contribution < 1.29 is 39.5 Å². The second-order valence-electron chi connectivity index (χ2n) is 5.24. The van der Waals surface area contributed by atoms with Gasteiger partial charge in [0.1, 0.15) is 9.67 Å². The standard InChI is InChI=1S/C13H15IN4O2.Na/c1-17-5-9(11(14)16-17)6-18-7-10(4-8-2-3-8)15-12(18)13(19)20;/h5,7-8H,2-4,6H2,1H3,(H,19,20);/q;+1/p-1. The minimum Gasteiger partial charge on any atom is -0.542 e. The van der Waals surface area contributed by atoms with E-state index in [9.17, 15) is 9.90 Å². The van der Waals surface area contributed by atoms with Crippen LogP contribution in [0.1, 0.15) is 34.7 Å². The van der Waals surface area contributed by atoms with Crippen LogP contribution in [0.2, 0.25) is 0 Å². The fraction of sp³-hybridized carbons (Fsp3) is 0.462. The van der Waals surface area contributed by atoms with Crippen molar-refractivity contribution in [1.29, 1.82) is 0 Å². The van der Waals surface area contributed by atoms with Crippen LogP contribution in [0.5, 0.6) is 0 Å². The number of carboxylic acid groups (broad SMARTS) is 1. The summed E-state index contributed by atoms with van der Waals surface area (Å²) >= 11 is 2.15. The Balaban J connectivity index is 0.00000161. The molecule has 0 atom stereocenters. The molecule has 6 nitrogen and oxygen atoms in total. The van der Waals surface area contributed by atoms with Crippen LogP contribution in [0.15, 0.2) is 12.4 Å². The first-order valence-corrected chi connectivity index (χ1v) is 7.56. The summed E-state index contributed by atoms with van der Waals surface area (Å²) in [6, 6.07) is 0. The molecule has 8 heteroatoms. The molecular formula is C13H14IN4NaO2. The number of imidazole rings is 1. The van der Waals surface area contributed by atoms with Gasteiger partial charge in [0.2, 0.25) is 0 Å². The quantitative estimate of drug-likeness (QED) is 0.408. The van der Waals surface area contributed by atoms with Gasteiger partial charge in [0.25, 0.3) is 0 Å². The van der Waals surface area contributed by atoms with E-state index in [1.165, 1.54) is 12.8 Å². The molecule has 1 aliphatic rings. The molecule has 0 amide bonds. The van der Waals surface area contributed by atoms with Gasteiger partial charge in [-0.05, 0) is 47.8 Å². The Morgan fingerprint density at radius 1 is 1.48 bits per heavy atom. The van der Waals surface area contributed by atoms with E-state index in [4.69, 9.17) is 0 Å². The molecule has 0 unspecified atom stereocenters. The van der Waals surface area contributed by atoms with E-state index in [-0.39, 0.29) is 35.4 Å². The van der Waals surface area contributed by atoms with Gasteiger partial charge in [-0.2, -0.15) is 5.10 Å². The first-order chi connectivity index (χ1) is 9.52. The monoisotopic (exact) mass is 408 g/mol. The molecule has 0 aromatic carbocycles. The van der Waals surface area contributed by atoms with Crippen molar-refractivity contribution in [2.45, 2.75) is 25.8 Å². The second kappa shape index (κ2) is 6.80. The molecule has 21 heavy (non-hydrogen) atoms. The second-order valence-corrected chi connectivity index (χ2v) is 6.26. The Bertz CT molecular complexity index is 663. The molecule has 1 fully saturated rings. The summed E-state index contributed by atoms with van der Waals surface area (Å²) < 4.78 is 4.23. The van der Waals surface area contributed by atoms with E-state index in [2.05, 4.69) is 32.7 Å². The summed E-state index contributed by atoms with van der Waals surface area (Å²) in [4.78, 5) is 15.4. The third kappa shape index (κ3) is 4.08. The number of aromatic carboxylic acids is 1. The number of carboxylic acids is 1. The number of hydrogen-bond donors (Lipinski definition) is 0.